The molecule has 0 atom stereocenters. The van der Waals surface area contributed by atoms with Gasteiger partial charge in [-0.15, -0.1) is 11.3 Å². The molecule has 1 aliphatic heterocycles. The van der Waals surface area contributed by atoms with Crippen molar-refractivity contribution in [2.24, 2.45) is 0 Å². The standard InChI is InChI=1S/C23H20N6O2S2/c30-33(31,20-14-25-21-17(20)7-4-8-24-21)29-11-9-28(10-12-29)22-18-13-19(16-5-2-1-3-6-16)32-23(18)27-15-26-22/h1-8,13-15H,9-12H2,(H,24,25). The average Bonchev–Trinajstić information content (AvgIpc) is 3.49. The number of fused-ring (bicyclic) bond motifs is 2. The summed E-state index contributed by atoms with van der Waals surface area (Å²) < 4.78 is 28.2. The van der Waals surface area contributed by atoms with Crippen LogP contribution in [0.1, 0.15) is 0 Å². The average molecular weight is 477 g/mol. The van der Waals surface area contributed by atoms with Gasteiger partial charge in [-0.2, -0.15) is 4.31 Å². The van der Waals surface area contributed by atoms with E-state index in [4.69, 9.17) is 0 Å². The summed E-state index contributed by atoms with van der Waals surface area (Å²) in [4.78, 5) is 20.7. The molecular formula is C23H20N6O2S2. The number of pyridine rings is 1. The molecule has 1 fully saturated rings. The first-order chi connectivity index (χ1) is 16.1. The summed E-state index contributed by atoms with van der Waals surface area (Å²) in [6, 6.07) is 15.9. The summed E-state index contributed by atoms with van der Waals surface area (Å²) in [7, 11) is -3.62. The third-order valence-corrected chi connectivity index (χ3v) is 8.97. The van der Waals surface area contributed by atoms with Crippen molar-refractivity contribution in [1.82, 2.24) is 24.2 Å². The lowest BCUT2D eigenvalue weighted by atomic mass is 10.2. The lowest BCUT2D eigenvalue weighted by molar-refractivity contribution is 0.384. The van der Waals surface area contributed by atoms with E-state index >= 15 is 0 Å². The minimum absolute atomic E-state index is 0.272. The van der Waals surface area contributed by atoms with Gasteiger partial charge in [0, 0.05) is 48.8 Å². The highest BCUT2D eigenvalue weighted by molar-refractivity contribution is 7.89. The van der Waals surface area contributed by atoms with E-state index in [1.807, 2.05) is 18.2 Å². The number of rotatable bonds is 4. The van der Waals surface area contributed by atoms with Crippen molar-refractivity contribution in [2.45, 2.75) is 4.90 Å². The molecule has 10 heteroatoms. The van der Waals surface area contributed by atoms with Gasteiger partial charge in [0.1, 0.15) is 27.5 Å². The molecule has 0 aliphatic carbocycles. The Balaban J connectivity index is 1.26. The third kappa shape index (κ3) is 3.47. The van der Waals surface area contributed by atoms with Crippen LogP contribution in [-0.2, 0) is 10.0 Å². The van der Waals surface area contributed by atoms with E-state index < -0.39 is 10.0 Å². The Hall–Kier alpha value is -3.34. The normalized spacial score (nSPS) is 15.5. The highest BCUT2D eigenvalue weighted by atomic mass is 32.2. The number of aromatic nitrogens is 4. The molecular weight excluding hydrogens is 456 g/mol. The number of nitrogens with one attached hydrogen (secondary N) is 1. The molecule has 5 heterocycles. The minimum atomic E-state index is -3.62. The van der Waals surface area contributed by atoms with E-state index in [-0.39, 0.29) is 4.90 Å². The van der Waals surface area contributed by atoms with E-state index in [1.54, 1.807) is 40.3 Å². The van der Waals surface area contributed by atoms with Crippen molar-refractivity contribution in [2.75, 3.05) is 31.1 Å². The van der Waals surface area contributed by atoms with Crippen molar-refractivity contribution in [3.8, 4) is 10.4 Å². The Morgan fingerprint density at radius 2 is 1.73 bits per heavy atom. The smallest absolute Gasteiger partial charge is 0.245 e. The molecule has 0 bridgehead atoms. The second kappa shape index (κ2) is 7.91. The summed E-state index contributed by atoms with van der Waals surface area (Å²) >= 11 is 1.64. The Morgan fingerprint density at radius 1 is 0.909 bits per heavy atom. The van der Waals surface area contributed by atoms with Crippen LogP contribution in [0.15, 0.2) is 72.1 Å². The Bertz CT molecular complexity index is 1550. The third-order valence-electron chi connectivity index (χ3n) is 5.94. The van der Waals surface area contributed by atoms with Crippen LogP contribution in [0.4, 0.5) is 5.82 Å². The minimum Gasteiger partial charge on any atom is -0.353 e. The Morgan fingerprint density at radius 3 is 2.55 bits per heavy atom. The molecule has 166 valence electrons. The van der Waals surface area contributed by atoms with Crippen LogP contribution in [0.2, 0.25) is 0 Å². The summed E-state index contributed by atoms with van der Waals surface area (Å²) in [5.41, 5.74) is 1.72. The number of anilines is 1. The Labute approximate surface area is 194 Å². The molecule has 0 radical (unpaired) electrons. The van der Waals surface area contributed by atoms with Crippen molar-refractivity contribution < 1.29 is 8.42 Å². The van der Waals surface area contributed by atoms with E-state index in [0.29, 0.717) is 37.2 Å². The van der Waals surface area contributed by atoms with Crippen molar-refractivity contribution in [3.05, 3.63) is 67.3 Å². The van der Waals surface area contributed by atoms with Crippen LogP contribution in [0.5, 0.6) is 0 Å². The summed E-state index contributed by atoms with van der Waals surface area (Å²) in [6.07, 6.45) is 4.76. The van der Waals surface area contributed by atoms with Gasteiger partial charge in [0.2, 0.25) is 10.0 Å². The van der Waals surface area contributed by atoms with Gasteiger partial charge in [0.15, 0.2) is 0 Å². The van der Waals surface area contributed by atoms with E-state index in [9.17, 15) is 8.42 Å². The van der Waals surface area contributed by atoms with Gasteiger partial charge in [-0.25, -0.2) is 23.4 Å². The zero-order chi connectivity index (χ0) is 22.4. The van der Waals surface area contributed by atoms with Gasteiger partial charge in [-0.3, -0.25) is 0 Å². The quantitative estimate of drug-likeness (QED) is 0.425. The highest BCUT2D eigenvalue weighted by Gasteiger charge is 2.31. The van der Waals surface area contributed by atoms with Crippen LogP contribution >= 0.6 is 11.3 Å². The van der Waals surface area contributed by atoms with Gasteiger partial charge in [0.05, 0.1) is 5.39 Å². The monoisotopic (exact) mass is 476 g/mol. The number of H-pyrrole nitrogens is 1. The fraction of sp³-hybridized carbons (Fsp3) is 0.174. The maximum absolute atomic E-state index is 13.3. The van der Waals surface area contributed by atoms with Crippen molar-refractivity contribution in [3.63, 3.8) is 0 Å². The second-order valence-electron chi connectivity index (χ2n) is 7.84. The van der Waals surface area contributed by atoms with Crippen LogP contribution in [0, 0.1) is 0 Å². The number of hydrogen-bond donors (Lipinski definition) is 1. The predicted octanol–water partition coefficient (Wildman–Crippen LogP) is 3.75. The zero-order valence-electron chi connectivity index (χ0n) is 17.5. The summed E-state index contributed by atoms with van der Waals surface area (Å²) in [5, 5.41) is 1.62. The van der Waals surface area contributed by atoms with Gasteiger partial charge < -0.3 is 9.88 Å². The SMILES string of the molecule is O=S(=O)(c1c[nH]c2ncccc12)N1CCN(c2ncnc3sc(-c4ccccc4)cc23)CC1. The number of sulfonamides is 1. The molecule has 8 nitrogen and oxygen atoms in total. The summed E-state index contributed by atoms with van der Waals surface area (Å²) in [5.74, 6) is 0.853. The largest absolute Gasteiger partial charge is 0.353 e. The first-order valence-corrected chi connectivity index (χ1v) is 12.8. The van der Waals surface area contributed by atoms with Gasteiger partial charge >= 0.3 is 0 Å². The number of nitrogens with zero attached hydrogens (tertiary/aromatic N) is 5. The van der Waals surface area contributed by atoms with Crippen molar-refractivity contribution >= 4 is 48.4 Å². The molecule has 1 aromatic carbocycles. The first-order valence-electron chi connectivity index (χ1n) is 10.6. The highest BCUT2D eigenvalue weighted by Crippen LogP contribution is 2.36. The fourth-order valence-electron chi connectivity index (χ4n) is 4.26. The van der Waals surface area contributed by atoms with Gasteiger partial charge in [0.25, 0.3) is 0 Å². The maximum atomic E-state index is 13.3. The first kappa shape index (κ1) is 20.3. The van der Waals surface area contributed by atoms with Crippen LogP contribution in [0.3, 0.4) is 0 Å². The molecule has 6 rings (SSSR count). The molecule has 0 saturated carbocycles. The summed E-state index contributed by atoms with van der Waals surface area (Å²) in [6.45, 7) is 1.89. The van der Waals surface area contributed by atoms with Gasteiger partial charge in [-0.05, 0) is 23.8 Å². The number of benzene rings is 1. The molecule has 5 aromatic rings. The second-order valence-corrected chi connectivity index (χ2v) is 10.8. The van der Waals surface area contributed by atoms with E-state index in [1.165, 1.54) is 6.20 Å². The zero-order valence-corrected chi connectivity index (χ0v) is 19.2. The maximum Gasteiger partial charge on any atom is 0.245 e. The van der Waals surface area contributed by atoms with Crippen LogP contribution in [-0.4, -0.2) is 58.8 Å². The number of aromatic amines is 1. The fourth-order valence-corrected chi connectivity index (χ4v) is 6.83. The molecule has 0 unspecified atom stereocenters. The lowest BCUT2D eigenvalue weighted by Gasteiger charge is -2.34. The van der Waals surface area contributed by atoms with E-state index in [2.05, 4.69) is 43.0 Å². The topological polar surface area (TPSA) is 95.1 Å². The van der Waals surface area contributed by atoms with Crippen molar-refractivity contribution in [1.29, 1.82) is 0 Å². The number of hydrogen-bond acceptors (Lipinski definition) is 7. The van der Waals surface area contributed by atoms with Gasteiger partial charge in [-0.1, -0.05) is 30.3 Å². The number of piperazine rings is 1. The molecule has 33 heavy (non-hydrogen) atoms. The molecule has 1 saturated heterocycles. The predicted molar refractivity (Wildman–Crippen MR) is 130 cm³/mol. The molecule has 0 spiro atoms. The lowest BCUT2D eigenvalue weighted by Crippen LogP contribution is -2.48. The van der Waals surface area contributed by atoms with E-state index in [0.717, 1.165) is 26.5 Å². The molecule has 1 aliphatic rings. The number of thiophene rings is 1. The molecule has 1 N–H and O–H groups in total. The van der Waals surface area contributed by atoms with Crippen LogP contribution in [0.25, 0.3) is 31.7 Å². The van der Waals surface area contributed by atoms with Crippen LogP contribution < -0.4 is 4.90 Å². The molecule has 4 aromatic heterocycles. The molecule has 0 amide bonds. The Kier molecular flexibility index (Phi) is 4.86.